The van der Waals surface area contributed by atoms with E-state index in [2.05, 4.69) is 10.3 Å². The molecule has 2 aromatic carbocycles. The molecule has 1 heterocycles. The third-order valence-corrected chi connectivity index (χ3v) is 4.71. The van der Waals surface area contributed by atoms with Gasteiger partial charge in [0.2, 0.25) is 0 Å². The van der Waals surface area contributed by atoms with Gasteiger partial charge in [-0.2, -0.15) is 0 Å². The Balaban J connectivity index is 1.80. The summed E-state index contributed by atoms with van der Waals surface area (Å²) in [5.74, 6) is -0.0597. The summed E-state index contributed by atoms with van der Waals surface area (Å²) in [6, 6.07) is 12.3. The monoisotopic (exact) mass is 440 g/mol. The first-order valence-corrected chi connectivity index (χ1v) is 10.2. The minimum atomic E-state index is -1.15. The van der Waals surface area contributed by atoms with Crippen LogP contribution >= 0.6 is 0 Å². The van der Waals surface area contributed by atoms with Crippen molar-refractivity contribution in [3.63, 3.8) is 0 Å². The maximum Gasteiger partial charge on any atom is 0.408 e. The Kier molecular flexibility index (Phi) is 6.92. The van der Waals surface area contributed by atoms with Gasteiger partial charge in [0.25, 0.3) is 0 Å². The fourth-order valence-corrected chi connectivity index (χ4v) is 3.30. The normalized spacial score (nSPS) is 12.2. The van der Waals surface area contributed by atoms with Crippen LogP contribution in [-0.4, -0.2) is 40.9 Å². The minimum absolute atomic E-state index is 0.0714. The van der Waals surface area contributed by atoms with E-state index in [0.29, 0.717) is 23.6 Å². The van der Waals surface area contributed by atoms with Gasteiger partial charge in [-0.3, -0.25) is 0 Å². The molecule has 0 saturated carbocycles. The van der Waals surface area contributed by atoms with Crippen LogP contribution in [0.2, 0.25) is 0 Å². The molecule has 0 spiro atoms. The van der Waals surface area contributed by atoms with Crippen LogP contribution in [0.1, 0.15) is 31.9 Å². The largest absolute Gasteiger partial charge is 0.491 e. The minimum Gasteiger partial charge on any atom is -0.491 e. The molecule has 3 N–H and O–H groups in total. The van der Waals surface area contributed by atoms with Crippen molar-refractivity contribution in [1.82, 2.24) is 10.3 Å². The molecule has 0 aliphatic heterocycles. The summed E-state index contributed by atoms with van der Waals surface area (Å²) in [6.07, 6.45) is 1.00. The quantitative estimate of drug-likeness (QED) is 0.482. The van der Waals surface area contributed by atoms with E-state index < -0.39 is 23.7 Å². The number of hydrogen-bond acceptors (Lipinski definition) is 5. The maximum absolute atomic E-state index is 12.1. The highest BCUT2D eigenvalue weighted by Crippen LogP contribution is 2.37. The van der Waals surface area contributed by atoms with E-state index in [1.165, 1.54) is 0 Å². The number of aromatic amines is 1. The average molecular weight is 440 g/mol. The van der Waals surface area contributed by atoms with Gasteiger partial charge in [-0.1, -0.05) is 30.3 Å². The lowest BCUT2D eigenvalue weighted by Gasteiger charge is -2.22. The molecule has 32 heavy (non-hydrogen) atoms. The predicted molar refractivity (Wildman–Crippen MR) is 120 cm³/mol. The number of aromatic nitrogens is 1. The molecule has 3 aromatic rings. The number of alkyl carbamates (subject to hydrolysis) is 1. The van der Waals surface area contributed by atoms with E-state index >= 15 is 0 Å². The van der Waals surface area contributed by atoms with Crippen molar-refractivity contribution in [2.24, 2.45) is 0 Å². The molecule has 1 amide bonds. The molecule has 0 aliphatic rings. The van der Waals surface area contributed by atoms with E-state index in [-0.39, 0.29) is 6.42 Å². The number of carbonyl (C=O) groups excluding carboxylic acids is 1. The summed E-state index contributed by atoms with van der Waals surface area (Å²) in [5, 5.41) is 12.8. The summed E-state index contributed by atoms with van der Waals surface area (Å²) in [6.45, 7) is 5.53. The number of H-pyrrole nitrogens is 1. The highest BCUT2D eigenvalue weighted by molar-refractivity contribution is 5.91. The zero-order chi connectivity index (χ0) is 23.3. The number of benzene rings is 2. The van der Waals surface area contributed by atoms with E-state index in [0.717, 1.165) is 16.5 Å². The first kappa shape index (κ1) is 23.0. The second-order valence-electron chi connectivity index (χ2n) is 8.35. The predicted octanol–water partition coefficient (Wildman–Crippen LogP) is 4.28. The molecule has 0 bridgehead atoms. The fourth-order valence-electron chi connectivity index (χ4n) is 3.30. The van der Waals surface area contributed by atoms with Crippen LogP contribution in [0.3, 0.4) is 0 Å². The van der Waals surface area contributed by atoms with Gasteiger partial charge < -0.3 is 29.6 Å². The molecule has 1 aromatic heterocycles. The van der Waals surface area contributed by atoms with Gasteiger partial charge in [0.15, 0.2) is 11.5 Å². The molecule has 1 atom stereocenters. The number of methoxy groups -OCH3 is 1. The zero-order valence-electron chi connectivity index (χ0n) is 18.6. The first-order chi connectivity index (χ1) is 15.2. The third kappa shape index (κ3) is 5.72. The number of hydrogen-bond donors (Lipinski definition) is 3. The Morgan fingerprint density at radius 1 is 1.12 bits per heavy atom. The third-order valence-electron chi connectivity index (χ3n) is 4.71. The number of carbonyl (C=O) groups is 2. The molecule has 0 fully saturated rings. The van der Waals surface area contributed by atoms with Gasteiger partial charge in [-0.05, 0) is 44.0 Å². The summed E-state index contributed by atoms with van der Waals surface area (Å²) in [4.78, 5) is 26.9. The van der Waals surface area contributed by atoms with Crippen molar-refractivity contribution in [1.29, 1.82) is 0 Å². The standard InChI is InChI=1S/C24H28N2O6/c1-24(2,3)32-23(29)26-18(22(27)28)12-16-13-25-20-17(16)10-11-19(21(20)30-4)31-14-15-8-6-5-7-9-15/h5-11,13,18,25H,12,14H2,1-4H3,(H,26,29)(H,27,28). The van der Waals surface area contributed by atoms with Crippen molar-refractivity contribution in [3.05, 3.63) is 59.8 Å². The Labute approximate surface area is 186 Å². The highest BCUT2D eigenvalue weighted by Gasteiger charge is 2.26. The summed E-state index contributed by atoms with van der Waals surface area (Å²) < 4.78 is 16.7. The molecular formula is C24H28N2O6. The van der Waals surface area contributed by atoms with Crippen molar-refractivity contribution in [2.75, 3.05) is 7.11 Å². The molecule has 1 unspecified atom stereocenters. The number of nitrogens with one attached hydrogen (secondary N) is 2. The van der Waals surface area contributed by atoms with Crippen LogP contribution in [0.25, 0.3) is 10.9 Å². The van der Waals surface area contributed by atoms with Gasteiger partial charge in [0.05, 0.1) is 12.6 Å². The van der Waals surface area contributed by atoms with Gasteiger partial charge in [0, 0.05) is 18.0 Å². The second kappa shape index (κ2) is 9.64. The van der Waals surface area contributed by atoms with E-state index in [1.54, 1.807) is 40.1 Å². The SMILES string of the molecule is COc1c(OCc2ccccc2)ccc2c(CC(NC(=O)OC(C)(C)C)C(=O)O)c[nH]c12. The number of fused-ring (bicyclic) bond motifs is 1. The molecule has 3 rings (SSSR count). The van der Waals surface area contributed by atoms with Crippen molar-refractivity contribution in [2.45, 2.75) is 45.4 Å². The van der Waals surface area contributed by atoms with Crippen molar-refractivity contribution < 1.29 is 28.9 Å². The molecule has 170 valence electrons. The van der Waals surface area contributed by atoms with Gasteiger partial charge >= 0.3 is 12.1 Å². The number of rotatable bonds is 8. The first-order valence-electron chi connectivity index (χ1n) is 10.2. The van der Waals surface area contributed by atoms with Crippen LogP contribution in [-0.2, 0) is 22.6 Å². The Morgan fingerprint density at radius 3 is 2.47 bits per heavy atom. The number of carboxylic acid groups (broad SMARTS) is 1. The average Bonchev–Trinajstić information content (AvgIpc) is 3.13. The molecular weight excluding hydrogens is 412 g/mol. The van der Waals surface area contributed by atoms with Crippen LogP contribution in [0.4, 0.5) is 4.79 Å². The fraction of sp³-hybridized carbons (Fsp3) is 0.333. The van der Waals surface area contributed by atoms with Crippen molar-refractivity contribution >= 4 is 23.0 Å². The number of aliphatic carboxylic acids is 1. The summed E-state index contributed by atoms with van der Waals surface area (Å²) in [7, 11) is 1.55. The molecule has 8 heteroatoms. The van der Waals surface area contributed by atoms with Gasteiger partial charge in [-0.25, -0.2) is 9.59 Å². The smallest absolute Gasteiger partial charge is 0.408 e. The van der Waals surface area contributed by atoms with Crippen molar-refractivity contribution in [3.8, 4) is 11.5 Å². The van der Waals surface area contributed by atoms with Crippen LogP contribution < -0.4 is 14.8 Å². The van der Waals surface area contributed by atoms with Gasteiger partial charge in [0.1, 0.15) is 18.2 Å². The Bertz CT molecular complexity index is 1090. The van der Waals surface area contributed by atoms with Crippen LogP contribution in [0.5, 0.6) is 11.5 Å². The Hall–Kier alpha value is -3.68. The highest BCUT2D eigenvalue weighted by atomic mass is 16.6. The van der Waals surface area contributed by atoms with Crippen LogP contribution in [0, 0.1) is 0 Å². The van der Waals surface area contributed by atoms with Crippen LogP contribution in [0.15, 0.2) is 48.7 Å². The topological polar surface area (TPSA) is 110 Å². The molecule has 0 saturated heterocycles. The van der Waals surface area contributed by atoms with Gasteiger partial charge in [-0.15, -0.1) is 0 Å². The summed E-state index contributed by atoms with van der Waals surface area (Å²) in [5.41, 5.74) is 1.71. The molecule has 0 aliphatic carbocycles. The lowest BCUT2D eigenvalue weighted by Crippen LogP contribution is -2.44. The lowest BCUT2D eigenvalue weighted by molar-refractivity contribution is -0.139. The zero-order valence-corrected chi connectivity index (χ0v) is 18.6. The molecule has 0 radical (unpaired) electrons. The lowest BCUT2D eigenvalue weighted by atomic mass is 10.0. The number of amides is 1. The molecule has 8 nitrogen and oxygen atoms in total. The Morgan fingerprint density at radius 2 is 1.84 bits per heavy atom. The van der Waals surface area contributed by atoms with E-state index in [9.17, 15) is 14.7 Å². The maximum atomic E-state index is 12.1. The second-order valence-corrected chi connectivity index (χ2v) is 8.35. The summed E-state index contributed by atoms with van der Waals surface area (Å²) >= 11 is 0. The number of carboxylic acids is 1. The van der Waals surface area contributed by atoms with E-state index in [1.807, 2.05) is 36.4 Å². The van der Waals surface area contributed by atoms with E-state index in [4.69, 9.17) is 14.2 Å². The number of ether oxygens (including phenoxy) is 3.